The summed E-state index contributed by atoms with van der Waals surface area (Å²) < 4.78 is 5.80. The van der Waals surface area contributed by atoms with Crippen LogP contribution in [-0.2, 0) is 4.74 Å². The molecule has 60 valence electrons. The van der Waals surface area contributed by atoms with Gasteiger partial charge in [-0.1, -0.05) is 0 Å². The van der Waals surface area contributed by atoms with Gasteiger partial charge >= 0.3 is 0 Å². The summed E-state index contributed by atoms with van der Waals surface area (Å²) in [6, 6.07) is 0. The lowest BCUT2D eigenvalue weighted by atomic mass is 9.98. The molecule has 0 unspecified atom stereocenters. The maximum Gasteiger partial charge on any atom is 0.0908 e. The van der Waals surface area contributed by atoms with E-state index in [0.717, 1.165) is 13.1 Å². The molecule has 2 heteroatoms. The Balaban J connectivity index is 2.37. The first-order valence-electron chi connectivity index (χ1n) is 3.82. The Kier molecular flexibility index (Phi) is 1.77. The fourth-order valence-corrected chi connectivity index (χ4v) is 1.29. The van der Waals surface area contributed by atoms with Gasteiger partial charge in [0.05, 0.1) is 11.2 Å². The van der Waals surface area contributed by atoms with Crippen LogP contribution in [0.2, 0.25) is 0 Å². The third-order valence-corrected chi connectivity index (χ3v) is 1.55. The van der Waals surface area contributed by atoms with E-state index >= 15 is 0 Å². The fraction of sp³-hybridized carbons (Fsp3) is 1.00. The SMILES string of the molecule is CC(C)(C)OC1(C)CNC1. The van der Waals surface area contributed by atoms with Crippen molar-refractivity contribution >= 4 is 0 Å². The second kappa shape index (κ2) is 2.21. The van der Waals surface area contributed by atoms with Crippen molar-refractivity contribution in [2.75, 3.05) is 13.1 Å². The molecule has 10 heavy (non-hydrogen) atoms. The van der Waals surface area contributed by atoms with Crippen molar-refractivity contribution in [2.45, 2.75) is 38.9 Å². The molecule has 0 aromatic rings. The van der Waals surface area contributed by atoms with Crippen molar-refractivity contribution in [3.05, 3.63) is 0 Å². The smallest absolute Gasteiger partial charge is 0.0908 e. The number of hydrogen-bond donors (Lipinski definition) is 1. The molecule has 0 bridgehead atoms. The fourth-order valence-electron chi connectivity index (χ4n) is 1.29. The van der Waals surface area contributed by atoms with E-state index in [1.54, 1.807) is 0 Å². The largest absolute Gasteiger partial charge is 0.367 e. The number of ether oxygens (including phenoxy) is 1. The van der Waals surface area contributed by atoms with Gasteiger partial charge in [0.1, 0.15) is 0 Å². The Morgan fingerprint density at radius 2 is 1.80 bits per heavy atom. The molecule has 1 aliphatic heterocycles. The first kappa shape index (κ1) is 8.02. The van der Waals surface area contributed by atoms with Gasteiger partial charge in [0.25, 0.3) is 0 Å². The Morgan fingerprint density at radius 3 is 1.90 bits per heavy atom. The minimum absolute atomic E-state index is 0.00313. The molecule has 0 spiro atoms. The van der Waals surface area contributed by atoms with Gasteiger partial charge in [-0.3, -0.25) is 0 Å². The molecule has 0 aromatic carbocycles. The predicted molar refractivity (Wildman–Crippen MR) is 42.1 cm³/mol. The van der Waals surface area contributed by atoms with Crippen LogP contribution >= 0.6 is 0 Å². The molecule has 0 atom stereocenters. The summed E-state index contributed by atoms with van der Waals surface area (Å²) in [6.07, 6.45) is 0. The Bertz CT molecular complexity index is 122. The van der Waals surface area contributed by atoms with Gasteiger partial charge in [-0.2, -0.15) is 0 Å². The quantitative estimate of drug-likeness (QED) is 0.595. The number of nitrogens with one attached hydrogen (secondary N) is 1. The molecule has 0 saturated carbocycles. The van der Waals surface area contributed by atoms with Crippen LogP contribution in [0, 0.1) is 0 Å². The van der Waals surface area contributed by atoms with E-state index in [1.165, 1.54) is 0 Å². The molecule has 0 radical (unpaired) electrons. The molecule has 1 fully saturated rings. The Morgan fingerprint density at radius 1 is 1.30 bits per heavy atom. The van der Waals surface area contributed by atoms with Gasteiger partial charge in [-0.15, -0.1) is 0 Å². The summed E-state index contributed by atoms with van der Waals surface area (Å²) in [7, 11) is 0. The lowest BCUT2D eigenvalue weighted by Gasteiger charge is -2.43. The summed E-state index contributed by atoms with van der Waals surface area (Å²) in [4.78, 5) is 0. The van der Waals surface area contributed by atoms with Crippen molar-refractivity contribution in [1.82, 2.24) is 5.32 Å². The van der Waals surface area contributed by atoms with Gasteiger partial charge in [0.2, 0.25) is 0 Å². The number of rotatable bonds is 1. The van der Waals surface area contributed by atoms with Gasteiger partial charge in [-0.25, -0.2) is 0 Å². The monoisotopic (exact) mass is 143 g/mol. The van der Waals surface area contributed by atoms with E-state index in [1.807, 2.05) is 0 Å². The van der Waals surface area contributed by atoms with E-state index in [4.69, 9.17) is 4.74 Å². The highest BCUT2D eigenvalue weighted by Gasteiger charge is 2.36. The van der Waals surface area contributed by atoms with E-state index in [-0.39, 0.29) is 11.2 Å². The summed E-state index contributed by atoms with van der Waals surface area (Å²) in [5, 5.41) is 3.20. The molecular weight excluding hydrogens is 126 g/mol. The molecule has 1 saturated heterocycles. The average molecular weight is 143 g/mol. The highest BCUT2D eigenvalue weighted by molar-refractivity contribution is 4.91. The summed E-state index contributed by atoms with van der Waals surface area (Å²) in [5.41, 5.74) is 0.0924. The predicted octanol–water partition coefficient (Wildman–Crippen LogP) is 1.16. The maximum atomic E-state index is 5.80. The molecule has 1 aliphatic rings. The van der Waals surface area contributed by atoms with Crippen LogP contribution in [0.1, 0.15) is 27.7 Å². The zero-order chi connectivity index (χ0) is 7.83. The van der Waals surface area contributed by atoms with Crippen molar-refractivity contribution in [3.63, 3.8) is 0 Å². The molecule has 1 heterocycles. The van der Waals surface area contributed by atoms with Crippen LogP contribution in [0.5, 0.6) is 0 Å². The standard InChI is InChI=1S/C8H17NO/c1-7(2,3)10-8(4)5-9-6-8/h9H,5-6H2,1-4H3. The van der Waals surface area contributed by atoms with E-state index < -0.39 is 0 Å². The van der Waals surface area contributed by atoms with Crippen molar-refractivity contribution in [3.8, 4) is 0 Å². The summed E-state index contributed by atoms with van der Waals surface area (Å²) in [6.45, 7) is 10.4. The van der Waals surface area contributed by atoms with E-state index in [2.05, 4.69) is 33.0 Å². The van der Waals surface area contributed by atoms with Crippen LogP contribution in [0.25, 0.3) is 0 Å². The maximum absolute atomic E-state index is 5.80. The van der Waals surface area contributed by atoms with Gasteiger partial charge in [-0.05, 0) is 27.7 Å². The van der Waals surface area contributed by atoms with Crippen LogP contribution in [0.15, 0.2) is 0 Å². The lowest BCUT2D eigenvalue weighted by molar-refractivity contribution is -0.145. The first-order chi connectivity index (χ1) is 4.41. The van der Waals surface area contributed by atoms with Gasteiger partial charge in [0.15, 0.2) is 0 Å². The molecule has 1 N–H and O–H groups in total. The molecule has 0 aromatic heterocycles. The molecule has 0 amide bonds. The summed E-state index contributed by atoms with van der Waals surface area (Å²) >= 11 is 0. The van der Waals surface area contributed by atoms with Crippen LogP contribution in [0.3, 0.4) is 0 Å². The molecular formula is C8H17NO. The topological polar surface area (TPSA) is 21.3 Å². The van der Waals surface area contributed by atoms with E-state index in [0.29, 0.717) is 0 Å². The zero-order valence-corrected chi connectivity index (χ0v) is 7.32. The van der Waals surface area contributed by atoms with Gasteiger partial charge in [0, 0.05) is 13.1 Å². The number of hydrogen-bond acceptors (Lipinski definition) is 2. The Labute approximate surface area is 63.0 Å². The minimum atomic E-state index is -0.00313. The van der Waals surface area contributed by atoms with Crippen molar-refractivity contribution < 1.29 is 4.74 Å². The van der Waals surface area contributed by atoms with Crippen molar-refractivity contribution in [1.29, 1.82) is 0 Å². The molecule has 0 aliphatic carbocycles. The highest BCUT2D eigenvalue weighted by Crippen LogP contribution is 2.22. The van der Waals surface area contributed by atoms with Crippen LogP contribution in [0.4, 0.5) is 0 Å². The summed E-state index contributed by atoms with van der Waals surface area (Å²) in [5.74, 6) is 0. The molecule has 1 rings (SSSR count). The zero-order valence-electron chi connectivity index (χ0n) is 7.32. The minimum Gasteiger partial charge on any atom is -0.367 e. The highest BCUT2D eigenvalue weighted by atomic mass is 16.5. The second-order valence-electron chi connectivity index (χ2n) is 4.27. The second-order valence-corrected chi connectivity index (χ2v) is 4.27. The Hall–Kier alpha value is -0.0800. The van der Waals surface area contributed by atoms with Crippen LogP contribution < -0.4 is 5.32 Å². The lowest BCUT2D eigenvalue weighted by Crippen LogP contribution is -2.61. The van der Waals surface area contributed by atoms with Gasteiger partial charge < -0.3 is 10.1 Å². The third kappa shape index (κ3) is 1.96. The normalized spacial score (nSPS) is 24.0. The van der Waals surface area contributed by atoms with Crippen LogP contribution in [-0.4, -0.2) is 24.3 Å². The third-order valence-electron chi connectivity index (χ3n) is 1.55. The average Bonchev–Trinajstić information content (AvgIpc) is 1.57. The van der Waals surface area contributed by atoms with E-state index in [9.17, 15) is 0 Å². The molecule has 2 nitrogen and oxygen atoms in total. The van der Waals surface area contributed by atoms with Crippen molar-refractivity contribution in [2.24, 2.45) is 0 Å². The first-order valence-corrected chi connectivity index (χ1v) is 3.82.